The number of nitrogens with zero attached hydrogens (tertiary/aromatic N) is 4. The highest BCUT2D eigenvalue weighted by Gasteiger charge is 2.38. The largest absolute Gasteiger partial charge is 0.455 e. The highest BCUT2D eigenvalue weighted by Crippen LogP contribution is 2.55. The van der Waals surface area contributed by atoms with Crippen molar-refractivity contribution in [3.8, 4) is 67.5 Å². The molecule has 308 valence electrons. The van der Waals surface area contributed by atoms with Gasteiger partial charge in [-0.15, -0.1) is 0 Å². The zero-order valence-electron chi connectivity index (χ0n) is 36.0. The van der Waals surface area contributed by atoms with Crippen LogP contribution in [0, 0.1) is 0 Å². The number of aromatic nitrogens is 3. The van der Waals surface area contributed by atoms with Crippen LogP contribution in [0.5, 0.6) is 0 Å². The van der Waals surface area contributed by atoms with Gasteiger partial charge in [0.25, 0.3) is 0 Å². The summed E-state index contributed by atoms with van der Waals surface area (Å²) in [4.78, 5) is 17.7. The molecule has 0 N–H and O–H groups in total. The van der Waals surface area contributed by atoms with Crippen molar-refractivity contribution < 1.29 is 4.42 Å². The van der Waals surface area contributed by atoms with Gasteiger partial charge < -0.3 is 9.32 Å². The van der Waals surface area contributed by atoms with E-state index in [1.807, 2.05) is 72.8 Å². The van der Waals surface area contributed by atoms with E-state index in [0.29, 0.717) is 17.5 Å². The maximum absolute atomic E-state index is 7.00. The third-order valence-corrected chi connectivity index (χ3v) is 13.0. The summed E-state index contributed by atoms with van der Waals surface area (Å²) in [5.41, 5.74) is 16.9. The Morgan fingerprint density at radius 3 is 1.60 bits per heavy atom. The van der Waals surface area contributed by atoms with E-state index in [0.717, 1.165) is 66.8 Å². The van der Waals surface area contributed by atoms with Crippen molar-refractivity contribution in [3.05, 3.63) is 230 Å². The van der Waals surface area contributed by atoms with Crippen LogP contribution in [0.3, 0.4) is 0 Å². The third-order valence-electron chi connectivity index (χ3n) is 13.0. The lowest BCUT2D eigenvalue weighted by molar-refractivity contribution is 0.660. The van der Waals surface area contributed by atoms with Gasteiger partial charge in [0.15, 0.2) is 17.5 Å². The van der Waals surface area contributed by atoms with Crippen LogP contribution in [0.15, 0.2) is 223 Å². The van der Waals surface area contributed by atoms with Gasteiger partial charge in [-0.05, 0) is 58.1 Å². The molecule has 0 unspecified atom stereocenters. The molecule has 0 amide bonds. The SMILES string of the molecule is CC1(C)c2ccccc2-c2c(N(c3ccc(-c4ccccc4)cc3)c3ccccc3-c3cccc4c3oc3cccc(-c5nc(-c6ccccc6)nc(-c6ccccc6)n5)c34)cccc21. The molecule has 1 aliphatic rings. The number of para-hydroxylation sites is 2. The van der Waals surface area contributed by atoms with Crippen LogP contribution < -0.4 is 4.90 Å². The lowest BCUT2D eigenvalue weighted by Gasteiger charge is -2.30. The Morgan fingerprint density at radius 1 is 0.385 bits per heavy atom. The average molecular weight is 835 g/mol. The Balaban J connectivity index is 1.06. The molecule has 5 nitrogen and oxygen atoms in total. The number of rotatable bonds is 8. The summed E-state index contributed by atoms with van der Waals surface area (Å²) in [6.07, 6.45) is 0. The first-order valence-corrected chi connectivity index (χ1v) is 22.1. The summed E-state index contributed by atoms with van der Waals surface area (Å²) in [6.45, 7) is 4.68. The summed E-state index contributed by atoms with van der Waals surface area (Å²) in [7, 11) is 0. The first-order valence-electron chi connectivity index (χ1n) is 22.1. The van der Waals surface area contributed by atoms with Crippen molar-refractivity contribution in [1.82, 2.24) is 15.0 Å². The zero-order chi connectivity index (χ0) is 43.5. The van der Waals surface area contributed by atoms with Gasteiger partial charge in [-0.3, -0.25) is 0 Å². The molecule has 0 saturated heterocycles. The minimum atomic E-state index is -0.163. The van der Waals surface area contributed by atoms with Crippen molar-refractivity contribution in [3.63, 3.8) is 0 Å². The lowest BCUT2D eigenvalue weighted by atomic mass is 9.82. The first-order chi connectivity index (χ1) is 32.0. The number of anilines is 3. The minimum Gasteiger partial charge on any atom is -0.455 e. The predicted molar refractivity (Wildman–Crippen MR) is 267 cm³/mol. The summed E-state index contributed by atoms with van der Waals surface area (Å²) < 4.78 is 7.00. The van der Waals surface area contributed by atoms with Crippen LogP contribution in [-0.4, -0.2) is 15.0 Å². The standard InChI is InChI=1S/C60H42N4O/c1-60(2)49-30-14-12-26-46(49)55-50(60)31-18-33-52(55)64(43-37-35-40(36-38-43)39-19-6-3-7-20-39)51-32-15-13-25-44(51)45-27-16-28-47-54-48(29-17-34-53(54)65-56(45)47)59-62-57(41-21-8-4-9-22-41)61-58(63-59)42-23-10-5-11-24-42/h3-38H,1-2H3. The van der Waals surface area contributed by atoms with Crippen LogP contribution in [0.4, 0.5) is 17.1 Å². The van der Waals surface area contributed by atoms with E-state index in [4.69, 9.17) is 19.4 Å². The average Bonchev–Trinajstić information content (AvgIpc) is 3.87. The van der Waals surface area contributed by atoms with Gasteiger partial charge in [0.1, 0.15) is 11.2 Å². The number of hydrogen-bond acceptors (Lipinski definition) is 5. The molecule has 2 heterocycles. The molecule has 0 radical (unpaired) electrons. The predicted octanol–water partition coefficient (Wildman–Crippen LogP) is 15.9. The number of benzene rings is 9. The monoisotopic (exact) mass is 834 g/mol. The fraction of sp³-hybridized carbons (Fsp3) is 0.0500. The van der Waals surface area contributed by atoms with Gasteiger partial charge in [0.05, 0.1) is 11.4 Å². The number of hydrogen-bond donors (Lipinski definition) is 0. The third kappa shape index (κ3) is 6.43. The maximum atomic E-state index is 7.00. The van der Waals surface area contributed by atoms with E-state index in [1.54, 1.807) is 0 Å². The van der Waals surface area contributed by atoms with E-state index >= 15 is 0 Å². The molecule has 0 fully saturated rings. The second-order valence-corrected chi connectivity index (χ2v) is 17.1. The van der Waals surface area contributed by atoms with Crippen molar-refractivity contribution in [1.29, 1.82) is 0 Å². The molecule has 1 aliphatic carbocycles. The van der Waals surface area contributed by atoms with Crippen LogP contribution in [0.2, 0.25) is 0 Å². The lowest BCUT2D eigenvalue weighted by Crippen LogP contribution is -2.16. The van der Waals surface area contributed by atoms with Gasteiger partial charge in [0.2, 0.25) is 0 Å². The molecule has 0 spiro atoms. The first kappa shape index (κ1) is 38.3. The maximum Gasteiger partial charge on any atom is 0.164 e. The fourth-order valence-electron chi connectivity index (χ4n) is 9.83. The molecule has 0 bridgehead atoms. The molecule has 0 atom stereocenters. The molecule has 0 aliphatic heterocycles. The summed E-state index contributed by atoms with van der Waals surface area (Å²) in [5, 5.41) is 1.94. The highest BCUT2D eigenvalue weighted by atomic mass is 16.3. The molecule has 12 rings (SSSR count). The number of furan rings is 1. The van der Waals surface area contributed by atoms with E-state index in [9.17, 15) is 0 Å². The van der Waals surface area contributed by atoms with Crippen LogP contribution in [0.25, 0.3) is 89.5 Å². The van der Waals surface area contributed by atoms with Crippen molar-refractivity contribution in [2.45, 2.75) is 19.3 Å². The van der Waals surface area contributed by atoms with Gasteiger partial charge >= 0.3 is 0 Å². The molecule has 2 aromatic heterocycles. The molecule has 11 aromatic rings. The summed E-state index contributed by atoms with van der Waals surface area (Å²) in [5.74, 6) is 1.82. The van der Waals surface area contributed by atoms with E-state index in [2.05, 4.69) is 164 Å². The van der Waals surface area contributed by atoms with E-state index in [-0.39, 0.29) is 5.41 Å². The molecular weight excluding hydrogens is 793 g/mol. The molecule has 5 heteroatoms. The Morgan fingerprint density at radius 2 is 0.892 bits per heavy atom. The zero-order valence-corrected chi connectivity index (χ0v) is 36.0. The number of fused-ring (bicyclic) bond motifs is 6. The Labute approximate surface area is 378 Å². The second kappa shape index (κ2) is 15.4. The molecular formula is C60H42N4O. The molecule has 9 aromatic carbocycles. The Bertz CT molecular complexity index is 3500. The Hall–Kier alpha value is -8.41. The van der Waals surface area contributed by atoms with Crippen LogP contribution in [-0.2, 0) is 5.41 Å². The van der Waals surface area contributed by atoms with Gasteiger partial charge in [0, 0.05) is 55.3 Å². The van der Waals surface area contributed by atoms with E-state index < -0.39 is 0 Å². The highest BCUT2D eigenvalue weighted by molar-refractivity contribution is 6.16. The quantitative estimate of drug-likeness (QED) is 0.153. The fourth-order valence-corrected chi connectivity index (χ4v) is 9.83. The normalized spacial score (nSPS) is 12.6. The molecule has 0 saturated carbocycles. The van der Waals surface area contributed by atoms with Crippen LogP contribution >= 0.6 is 0 Å². The van der Waals surface area contributed by atoms with Gasteiger partial charge in [-0.25, -0.2) is 15.0 Å². The summed E-state index contributed by atoms with van der Waals surface area (Å²) in [6, 6.07) is 76.7. The van der Waals surface area contributed by atoms with Crippen molar-refractivity contribution in [2.75, 3.05) is 4.90 Å². The van der Waals surface area contributed by atoms with Gasteiger partial charge in [-0.2, -0.15) is 0 Å². The smallest absolute Gasteiger partial charge is 0.164 e. The van der Waals surface area contributed by atoms with Crippen molar-refractivity contribution >= 4 is 39.0 Å². The topological polar surface area (TPSA) is 55.1 Å². The van der Waals surface area contributed by atoms with Crippen LogP contribution in [0.1, 0.15) is 25.0 Å². The Kier molecular flexibility index (Phi) is 9.09. The van der Waals surface area contributed by atoms with Crippen molar-refractivity contribution in [2.24, 2.45) is 0 Å². The second-order valence-electron chi connectivity index (χ2n) is 17.1. The van der Waals surface area contributed by atoms with Gasteiger partial charge in [-0.1, -0.05) is 202 Å². The van der Waals surface area contributed by atoms with E-state index in [1.165, 1.54) is 33.4 Å². The summed E-state index contributed by atoms with van der Waals surface area (Å²) >= 11 is 0. The minimum absolute atomic E-state index is 0.163. The molecule has 65 heavy (non-hydrogen) atoms.